The SMILES string of the molecule is CCN1CCC(CNC(=O)c2ccc(CCl)cc2)CC1. The molecule has 0 aliphatic carbocycles. The van der Waals surface area contributed by atoms with E-state index in [4.69, 9.17) is 11.6 Å². The fourth-order valence-electron chi connectivity index (χ4n) is 2.59. The Morgan fingerprint density at radius 2 is 1.95 bits per heavy atom. The van der Waals surface area contributed by atoms with Crippen LogP contribution in [0, 0.1) is 5.92 Å². The maximum atomic E-state index is 12.1. The molecule has 1 aliphatic heterocycles. The average molecular weight is 295 g/mol. The average Bonchev–Trinajstić information content (AvgIpc) is 2.53. The molecule has 1 fully saturated rings. The van der Waals surface area contributed by atoms with Gasteiger partial charge in [0.25, 0.3) is 5.91 Å². The molecule has 0 saturated carbocycles. The van der Waals surface area contributed by atoms with E-state index < -0.39 is 0 Å². The Kier molecular flexibility index (Phi) is 5.86. The number of nitrogens with zero attached hydrogens (tertiary/aromatic N) is 1. The van der Waals surface area contributed by atoms with Gasteiger partial charge in [0.15, 0.2) is 0 Å². The molecule has 2 rings (SSSR count). The number of likely N-dealkylation sites (tertiary alicyclic amines) is 1. The molecular formula is C16H23ClN2O. The summed E-state index contributed by atoms with van der Waals surface area (Å²) in [5, 5.41) is 3.05. The van der Waals surface area contributed by atoms with E-state index >= 15 is 0 Å². The summed E-state index contributed by atoms with van der Waals surface area (Å²) in [5.74, 6) is 1.12. The van der Waals surface area contributed by atoms with Gasteiger partial charge in [-0.15, -0.1) is 11.6 Å². The van der Waals surface area contributed by atoms with Crippen LogP contribution in [0.25, 0.3) is 0 Å². The zero-order chi connectivity index (χ0) is 14.4. The minimum Gasteiger partial charge on any atom is -0.352 e. The van der Waals surface area contributed by atoms with E-state index in [0.29, 0.717) is 17.4 Å². The topological polar surface area (TPSA) is 32.3 Å². The fourth-order valence-corrected chi connectivity index (χ4v) is 2.77. The molecule has 20 heavy (non-hydrogen) atoms. The second-order valence-corrected chi connectivity index (χ2v) is 5.69. The maximum absolute atomic E-state index is 12.1. The highest BCUT2D eigenvalue weighted by Gasteiger charge is 2.18. The van der Waals surface area contributed by atoms with E-state index in [0.717, 1.165) is 31.7 Å². The Morgan fingerprint density at radius 1 is 1.30 bits per heavy atom. The summed E-state index contributed by atoms with van der Waals surface area (Å²) in [4.78, 5) is 14.5. The molecule has 0 spiro atoms. The van der Waals surface area contributed by atoms with Crippen LogP contribution in [0.2, 0.25) is 0 Å². The van der Waals surface area contributed by atoms with E-state index in [1.54, 1.807) is 0 Å². The lowest BCUT2D eigenvalue weighted by Crippen LogP contribution is -2.38. The maximum Gasteiger partial charge on any atom is 0.251 e. The molecule has 1 aromatic carbocycles. The van der Waals surface area contributed by atoms with Crippen LogP contribution in [0.1, 0.15) is 35.7 Å². The molecule has 0 unspecified atom stereocenters. The molecule has 1 aliphatic rings. The zero-order valence-corrected chi connectivity index (χ0v) is 12.8. The van der Waals surface area contributed by atoms with Gasteiger partial charge in [-0.25, -0.2) is 0 Å². The van der Waals surface area contributed by atoms with Gasteiger partial charge < -0.3 is 10.2 Å². The van der Waals surface area contributed by atoms with Crippen molar-refractivity contribution < 1.29 is 4.79 Å². The first-order valence-corrected chi connectivity index (χ1v) is 7.91. The van der Waals surface area contributed by atoms with Gasteiger partial charge in [-0.05, 0) is 56.1 Å². The van der Waals surface area contributed by atoms with Crippen LogP contribution in [-0.4, -0.2) is 37.0 Å². The first-order valence-electron chi connectivity index (χ1n) is 7.38. The Hall–Kier alpha value is -1.06. The molecule has 4 heteroatoms. The number of rotatable bonds is 5. The number of hydrogen-bond donors (Lipinski definition) is 1. The van der Waals surface area contributed by atoms with Crippen molar-refractivity contribution in [3.8, 4) is 0 Å². The van der Waals surface area contributed by atoms with E-state index in [9.17, 15) is 4.79 Å². The predicted molar refractivity (Wildman–Crippen MR) is 83.2 cm³/mol. The van der Waals surface area contributed by atoms with Crippen LogP contribution in [0.3, 0.4) is 0 Å². The molecule has 1 N–H and O–H groups in total. The number of halogens is 1. The molecule has 0 radical (unpaired) electrons. The van der Waals surface area contributed by atoms with E-state index in [1.165, 1.54) is 12.8 Å². The summed E-state index contributed by atoms with van der Waals surface area (Å²) in [6.45, 7) is 6.43. The van der Waals surface area contributed by atoms with Gasteiger partial charge >= 0.3 is 0 Å². The van der Waals surface area contributed by atoms with Crippen molar-refractivity contribution in [2.45, 2.75) is 25.6 Å². The summed E-state index contributed by atoms with van der Waals surface area (Å²) < 4.78 is 0. The van der Waals surface area contributed by atoms with Crippen molar-refractivity contribution in [2.75, 3.05) is 26.2 Å². The highest BCUT2D eigenvalue weighted by molar-refractivity contribution is 6.17. The molecule has 1 heterocycles. The summed E-state index contributed by atoms with van der Waals surface area (Å²) >= 11 is 5.74. The second kappa shape index (κ2) is 7.65. The van der Waals surface area contributed by atoms with Crippen LogP contribution in [0.15, 0.2) is 24.3 Å². The van der Waals surface area contributed by atoms with Crippen molar-refractivity contribution >= 4 is 17.5 Å². The van der Waals surface area contributed by atoms with Crippen molar-refractivity contribution in [1.29, 1.82) is 0 Å². The highest BCUT2D eigenvalue weighted by atomic mass is 35.5. The lowest BCUT2D eigenvalue weighted by atomic mass is 9.96. The van der Waals surface area contributed by atoms with Gasteiger partial charge in [-0.3, -0.25) is 4.79 Å². The largest absolute Gasteiger partial charge is 0.352 e. The smallest absolute Gasteiger partial charge is 0.251 e. The standard InChI is InChI=1S/C16H23ClN2O/c1-2-19-9-7-14(8-10-19)12-18-16(20)15-5-3-13(11-17)4-6-15/h3-6,14H,2,7-12H2,1H3,(H,18,20). The Labute approximate surface area is 126 Å². The Balaban J connectivity index is 1.77. The number of hydrogen-bond acceptors (Lipinski definition) is 2. The molecule has 0 bridgehead atoms. The molecule has 1 aromatic rings. The van der Waals surface area contributed by atoms with Gasteiger partial charge in [0.05, 0.1) is 0 Å². The van der Waals surface area contributed by atoms with Crippen LogP contribution in [-0.2, 0) is 5.88 Å². The number of benzene rings is 1. The van der Waals surface area contributed by atoms with Gasteiger partial charge in [-0.2, -0.15) is 0 Å². The molecule has 1 amide bonds. The number of carbonyl (C=O) groups is 1. The second-order valence-electron chi connectivity index (χ2n) is 5.42. The summed E-state index contributed by atoms with van der Waals surface area (Å²) in [6.07, 6.45) is 2.36. The first-order chi connectivity index (χ1) is 9.72. The predicted octanol–water partition coefficient (Wildman–Crippen LogP) is 2.89. The third-order valence-corrected chi connectivity index (χ3v) is 4.38. The Bertz CT molecular complexity index is 425. The lowest BCUT2D eigenvalue weighted by Gasteiger charge is -2.31. The van der Waals surface area contributed by atoms with Gasteiger partial charge in [-0.1, -0.05) is 19.1 Å². The van der Waals surface area contributed by atoms with E-state index in [2.05, 4.69) is 17.1 Å². The quantitative estimate of drug-likeness (QED) is 0.847. The summed E-state index contributed by atoms with van der Waals surface area (Å²) in [5.41, 5.74) is 1.75. The lowest BCUT2D eigenvalue weighted by molar-refractivity contribution is 0.0937. The normalized spacial score (nSPS) is 17.1. The summed E-state index contributed by atoms with van der Waals surface area (Å²) in [7, 11) is 0. The molecule has 0 aromatic heterocycles. The van der Waals surface area contributed by atoms with Crippen LogP contribution in [0.4, 0.5) is 0 Å². The molecule has 3 nitrogen and oxygen atoms in total. The van der Waals surface area contributed by atoms with Crippen LogP contribution < -0.4 is 5.32 Å². The molecule has 0 atom stereocenters. The monoisotopic (exact) mass is 294 g/mol. The molecular weight excluding hydrogens is 272 g/mol. The first kappa shape index (κ1) is 15.3. The van der Waals surface area contributed by atoms with Crippen molar-refractivity contribution in [3.63, 3.8) is 0 Å². The van der Waals surface area contributed by atoms with Gasteiger partial charge in [0, 0.05) is 18.0 Å². The summed E-state index contributed by atoms with van der Waals surface area (Å²) in [6, 6.07) is 7.49. The highest BCUT2D eigenvalue weighted by Crippen LogP contribution is 2.16. The van der Waals surface area contributed by atoms with Crippen molar-refractivity contribution in [1.82, 2.24) is 10.2 Å². The van der Waals surface area contributed by atoms with Gasteiger partial charge in [0.2, 0.25) is 0 Å². The molecule has 110 valence electrons. The minimum atomic E-state index is 0.0176. The zero-order valence-electron chi connectivity index (χ0n) is 12.1. The van der Waals surface area contributed by atoms with Crippen LogP contribution in [0.5, 0.6) is 0 Å². The fraction of sp³-hybridized carbons (Fsp3) is 0.562. The molecule has 1 saturated heterocycles. The number of alkyl halides is 1. The number of nitrogens with one attached hydrogen (secondary N) is 1. The minimum absolute atomic E-state index is 0.0176. The van der Waals surface area contributed by atoms with Gasteiger partial charge in [0.1, 0.15) is 0 Å². The Morgan fingerprint density at radius 3 is 2.50 bits per heavy atom. The third kappa shape index (κ3) is 4.22. The van der Waals surface area contributed by atoms with E-state index in [-0.39, 0.29) is 5.91 Å². The van der Waals surface area contributed by atoms with Crippen LogP contribution >= 0.6 is 11.6 Å². The number of piperidine rings is 1. The van der Waals surface area contributed by atoms with E-state index in [1.807, 2.05) is 24.3 Å². The van der Waals surface area contributed by atoms with Crippen molar-refractivity contribution in [3.05, 3.63) is 35.4 Å². The number of amides is 1. The third-order valence-electron chi connectivity index (χ3n) is 4.08. The van der Waals surface area contributed by atoms with Crippen molar-refractivity contribution in [2.24, 2.45) is 5.92 Å². The number of carbonyl (C=O) groups excluding carboxylic acids is 1.